The third-order valence-electron chi connectivity index (χ3n) is 5.27. The molecule has 0 N–H and O–H groups in total. The molecule has 0 aliphatic heterocycles. The van der Waals surface area contributed by atoms with Gasteiger partial charge >= 0.3 is 0 Å². The van der Waals surface area contributed by atoms with Gasteiger partial charge in [-0.1, -0.05) is 17.7 Å². The fourth-order valence-electron chi connectivity index (χ4n) is 3.53. The van der Waals surface area contributed by atoms with Gasteiger partial charge in [-0.3, -0.25) is 9.48 Å². The zero-order chi connectivity index (χ0) is 21.8. The maximum atomic E-state index is 13.7. The van der Waals surface area contributed by atoms with Crippen molar-refractivity contribution in [3.8, 4) is 11.3 Å². The van der Waals surface area contributed by atoms with E-state index in [1.54, 1.807) is 54.3 Å². The summed E-state index contributed by atoms with van der Waals surface area (Å²) in [5.41, 5.74) is 2.52. The predicted molar refractivity (Wildman–Crippen MR) is 117 cm³/mol. The Bertz CT molecular complexity index is 1420. The standard InChI is InChI=1S/C22H24N4O3S/c1-14(2)25-13-19(16(4)23-25)20-12-17-10-11-24(5)22(27)21(17)26(20)30(28,29)18-8-6-15(3)7-9-18/h6-14H,1-5H3. The van der Waals surface area contributed by atoms with E-state index in [1.165, 1.54) is 8.54 Å². The summed E-state index contributed by atoms with van der Waals surface area (Å²) in [6, 6.07) is 10.3. The van der Waals surface area contributed by atoms with Crippen LogP contribution in [0.2, 0.25) is 0 Å². The van der Waals surface area contributed by atoms with Gasteiger partial charge in [-0.05, 0) is 52.0 Å². The number of nitrogens with zero attached hydrogens (tertiary/aromatic N) is 4. The van der Waals surface area contributed by atoms with Gasteiger partial charge in [0.2, 0.25) is 0 Å². The average Bonchev–Trinajstić information content (AvgIpc) is 3.26. The van der Waals surface area contributed by atoms with E-state index in [2.05, 4.69) is 5.10 Å². The molecule has 4 rings (SSSR count). The van der Waals surface area contributed by atoms with Crippen LogP contribution in [0.4, 0.5) is 0 Å². The second-order valence-electron chi connectivity index (χ2n) is 7.85. The van der Waals surface area contributed by atoms with Crippen molar-refractivity contribution >= 4 is 20.9 Å². The first kappa shape index (κ1) is 20.2. The molecule has 8 heteroatoms. The van der Waals surface area contributed by atoms with E-state index in [0.29, 0.717) is 22.3 Å². The molecule has 3 aromatic heterocycles. The van der Waals surface area contributed by atoms with Crippen LogP contribution in [0, 0.1) is 13.8 Å². The van der Waals surface area contributed by atoms with Gasteiger partial charge in [0.15, 0.2) is 0 Å². The third kappa shape index (κ3) is 3.08. The van der Waals surface area contributed by atoms with Gasteiger partial charge in [0.1, 0.15) is 5.52 Å². The summed E-state index contributed by atoms with van der Waals surface area (Å²) in [5, 5.41) is 5.10. The van der Waals surface area contributed by atoms with E-state index in [4.69, 9.17) is 0 Å². The van der Waals surface area contributed by atoms with Crippen LogP contribution in [0.25, 0.3) is 22.2 Å². The van der Waals surface area contributed by atoms with Crippen LogP contribution >= 0.6 is 0 Å². The zero-order valence-corrected chi connectivity index (χ0v) is 18.4. The summed E-state index contributed by atoms with van der Waals surface area (Å²) in [6.45, 7) is 7.74. The fraction of sp³-hybridized carbons (Fsp3) is 0.273. The molecule has 3 heterocycles. The fourth-order valence-corrected chi connectivity index (χ4v) is 5.05. The minimum absolute atomic E-state index is 0.122. The Morgan fingerprint density at radius 3 is 2.30 bits per heavy atom. The van der Waals surface area contributed by atoms with E-state index in [9.17, 15) is 13.2 Å². The first-order valence-electron chi connectivity index (χ1n) is 9.70. The first-order chi connectivity index (χ1) is 14.1. The lowest BCUT2D eigenvalue weighted by Gasteiger charge is -2.12. The van der Waals surface area contributed by atoms with Crippen molar-refractivity contribution in [3.05, 3.63) is 70.4 Å². The van der Waals surface area contributed by atoms with Crippen LogP contribution in [-0.2, 0) is 17.1 Å². The largest absolute Gasteiger partial charge is 0.317 e. The summed E-state index contributed by atoms with van der Waals surface area (Å²) >= 11 is 0. The molecule has 0 aliphatic rings. The summed E-state index contributed by atoms with van der Waals surface area (Å²) in [5.74, 6) is 0. The lowest BCUT2D eigenvalue weighted by Crippen LogP contribution is -2.22. The zero-order valence-electron chi connectivity index (χ0n) is 17.6. The van der Waals surface area contributed by atoms with Crippen molar-refractivity contribution in [1.29, 1.82) is 0 Å². The highest BCUT2D eigenvalue weighted by Gasteiger charge is 2.27. The maximum Gasteiger partial charge on any atom is 0.275 e. The number of aryl methyl sites for hydroxylation is 3. The summed E-state index contributed by atoms with van der Waals surface area (Å²) in [4.78, 5) is 13.1. The summed E-state index contributed by atoms with van der Waals surface area (Å²) in [7, 11) is -2.41. The minimum Gasteiger partial charge on any atom is -0.317 e. The van der Waals surface area contributed by atoms with Crippen molar-refractivity contribution in [2.24, 2.45) is 7.05 Å². The van der Waals surface area contributed by atoms with Crippen LogP contribution in [0.1, 0.15) is 31.1 Å². The van der Waals surface area contributed by atoms with E-state index in [1.807, 2.05) is 33.9 Å². The van der Waals surface area contributed by atoms with Crippen molar-refractivity contribution in [1.82, 2.24) is 18.3 Å². The minimum atomic E-state index is -4.02. The van der Waals surface area contributed by atoms with Crippen molar-refractivity contribution in [2.75, 3.05) is 0 Å². The molecule has 156 valence electrons. The Kier molecular flexibility index (Phi) is 4.69. The van der Waals surface area contributed by atoms with Gasteiger partial charge < -0.3 is 4.57 Å². The quantitative estimate of drug-likeness (QED) is 0.501. The molecule has 0 unspecified atom stereocenters. The van der Waals surface area contributed by atoms with Gasteiger partial charge in [-0.25, -0.2) is 12.4 Å². The molecule has 0 atom stereocenters. The highest BCUT2D eigenvalue weighted by atomic mass is 32.2. The van der Waals surface area contributed by atoms with Gasteiger partial charge in [0.25, 0.3) is 15.6 Å². The molecule has 0 saturated heterocycles. The highest BCUT2D eigenvalue weighted by molar-refractivity contribution is 7.90. The van der Waals surface area contributed by atoms with E-state index >= 15 is 0 Å². The number of benzene rings is 1. The Balaban J connectivity index is 2.12. The summed E-state index contributed by atoms with van der Waals surface area (Å²) < 4.78 is 31.8. The van der Waals surface area contributed by atoms with Crippen LogP contribution in [0.5, 0.6) is 0 Å². The number of hydrogen-bond acceptors (Lipinski definition) is 4. The van der Waals surface area contributed by atoms with Crippen LogP contribution in [-0.4, -0.2) is 26.7 Å². The monoisotopic (exact) mass is 424 g/mol. The lowest BCUT2D eigenvalue weighted by atomic mass is 10.2. The number of fused-ring (bicyclic) bond motifs is 1. The molecule has 7 nitrogen and oxygen atoms in total. The van der Waals surface area contributed by atoms with E-state index in [0.717, 1.165) is 5.56 Å². The molecular formula is C22H24N4O3S. The van der Waals surface area contributed by atoms with Crippen molar-refractivity contribution in [3.63, 3.8) is 0 Å². The van der Waals surface area contributed by atoms with Gasteiger partial charge in [0.05, 0.1) is 16.3 Å². The van der Waals surface area contributed by atoms with E-state index < -0.39 is 10.0 Å². The van der Waals surface area contributed by atoms with Crippen LogP contribution in [0.15, 0.2) is 58.5 Å². The number of hydrogen-bond donors (Lipinski definition) is 0. The molecule has 4 aromatic rings. The predicted octanol–water partition coefficient (Wildman–Crippen LogP) is 3.64. The number of aromatic nitrogens is 4. The number of pyridine rings is 1. The van der Waals surface area contributed by atoms with Crippen molar-refractivity contribution in [2.45, 2.75) is 38.6 Å². The molecule has 0 fully saturated rings. The van der Waals surface area contributed by atoms with Crippen LogP contribution in [0.3, 0.4) is 0 Å². The highest BCUT2D eigenvalue weighted by Crippen LogP contribution is 2.33. The smallest absolute Gasteiger partial charge is 0.275 e. The Labute approximate surface area is 175 Å². The molecule has 0 saturated carbocycles. The molecule has 0 aliphatic carbocycles. The van der Waals surface area contributed by atoms with Crippen LogP contribution < -0.4 is 5.56 Å². The summed E-state index contributed by atoms with van der Waals surface area (Å²) in [6.07, 6.45) is 3.47. The van der Waals surface area contributed by atoms with Gasteiger partial charge in [-0.15, -0.1) is 0 Å². The third-order valence-corrected chi connectivity index (χ3v) is 7.00. The molecular weight excluding hydrogens is 400 g/mol. The topological polar surface area (TPSA) is 78.9 Å². The molecule has 30 heavy (non-hydrogen) atoms. The molecule has 1 aromatic carbocycles. The first-order valence-corrected chi connectivity index (χ1v) is 11.1. The Morgan fingerprint density at radius 1 is 1.03 bits per heavy atom. The normalized spacial score (nSPS) is 12.2. The molecule has 0 bridgehead atoms. The maximum absolute atomic E-state index is 13.7. The Morgan fingerprint density at radius 2 is 1.70 bits per heavy atom. The SMILES string of the molecule is Cc1ccc(S(=O)(=O)n2c(-c3cn(C(C)C)nc3C)cc3ccn(C)c(=O)c32)cc1. The van der Waals surface area contributed by atoms with E-state index in [-0.39, 0.29) is 22.0 Å². The second kappa shape index (κ2) is 6.98. The van der Waals surface area contributed by atoms with Gasteiger partial charge in [-0.2, -0.15) is 5.10 Å². The second-order valence-corrected chi connectivity index (χ2v) is 9.64. The van der Waals surface area contributed by atoms with Gasteiger partial charge in [0, 0.05) is 36.4 Å². The average molecular weight is 425 g/mol. The molecule has 0 spiro atoms. The molecule has 0 amide bonds. The lowest BCUT2D eigenvalue weighted by molar-refractivity contribution is 0.529. The van der Waals surface area contributed by atoms with Crippen molar-refractivity contribution < 1.29 is 8.42 Å². The number of rotatable bonds is 4. The molecule has 0 radical (unpaired) electrons. The Hall–Kier alpha value is -3.13.